The molecule has 1 heterocycles. The van der Waals surface area contributed by atoms with Gasteiger partial charge in [-0.1, -0.05) is 60.7 Å². The first-order valence-corrected chi connectivity index (χ1v) is 11.8. The number of aliphatic imine (C=N–C) groups is 1. The van der Waals surface area contributed by atoms with Crippen molar-refractivity contribution in [2.45, 2.75) is 25.6 Å². The van der Waals surface area contributed by atoms with E-state index >= 15 is 0 Å². The van der Waals surface area contributed by atoms with Crippen molar-refractivity contribution in [1.29, 1.82) is 0 Å². The number of nitrogens with one attached hydrogen (secondary N) is 2. The first-order valence-electron chi connectivity index (χ1n) is 11.8. The van der Waals surface area contributed by atoms with Crippen LogP contribution < -0.4 is 10.6 Å². The second kappa shape index (κ2) is 13.2. The average molecular weight is 437 g/mol. The standard InChI is InChI=1S/C26H40N6/c1-27-26(29-19-25-22-30(2)17-18-31(25)3)28-15-10-16-32(20-23-11-6-4-7-12-23)21-24-13-8-5-9-14-24/h4-9,11-14,25H,10,15-22H2,1-3H3,(H2,27,28,29). The van der Waals surface area contributed by atoms with E-state index in [-0.39, 0.29) is 0 Å². The lowest BCUT2D eigenvalue weighted by Crippen LogP contribution is -2.55. The number of nitrogens with zero attached hydrogens (tertiary/aromatic N) is 4. The highest BCUT2D eigenvalue weighted by Crippen LogP contribution is 2.10. The average Bonchev–Trinajstić information content (AvgIpc) is 2.82. The third-order valence-electron chi connectivity index (χ3n) is 6.15. The van der Waals surface area contributed by atoms with Gasteiger partial charge in [-0.2, -0.15) is 0 Å². The summed E-state index contributed by atoms with van der Waals surface area (Å²) in [6.45, 7) is 8.12. The van der Waals surface area contributed by atoms with Crippen molar-refractivity contribution in [3.05, 3.63) is 71.8 Å². The van der Waals surface area contributed by atoms with Crippen LogP contribution in [0, 0.1) is 0 Å². The number of hydrogen-bond acceptors (Lipinski definition) is 4. The maximum Gasteiger partial charge on any atom is 0.191 e. The van der Waals surface area contributed by atoms with Gasteiger partial charge in [0.15, 0.2) is 5.96 Å². The SMILES string of the molecule is CN=C(NCCCN(Cc1ccccc1)Cc1ccccc1)NCC1CN(C)CCN1C. The summed E-state index contributed by atoms with van der Waals surface area (Å²) in [4.78, 5) is 11.8. The minimum atomic E-state index is 0.513. The van der Waals surface area contributed by atoms with E-state index in [1.54, 1.807) is 0 Å². The van der Waals surface area contributed by atoms with Crippen LogP contribution in [0.1, 0.15) is 17.5 Å². The lowest BCUT2D eigenvalue weighted by atomic mass is 10.1. The third kappa shape index (κ3) is 8.26. The lowest BCUT2D eigenvalue weighted by molar-refractivity contribution is 0.116. The minimum absolute atomic E-state index is 0.513. The van der Waals surface area contributed by atoms with Gasteiger partial charge < -0.3 is 15.5 Å². The molecule has 6 nitrogen and oxygen atoms in total. The Morgan fingerprint density at radius 1 is 0.938 bits per heavy atom. The van der Waals surface area contributed by atoms with Crippen LogP contribution >= 0.6 is 0 Å². The number of benzene rings is 2. The highest BCUT2D eigenvalue weighted by Gasteiger charge is 2.22. The zero-order chi connectivity index (χ0) is 22.6. The summed E-state index contributed by atoms with van der Waals surface area (Å²) >= 11 is 0. The predicted octanol–water partition coefficient (Wildman–Crippen LogP) is 2.49. The Bertz CT molecular complexity index is 753. The molecule has 1 saturated heterocycles. The molecule has 0 amide bonds. The molecule has 2 aromatic rings. The van der Waals surface area contributed by atoms with Crippen molar-refractivity contribution >= 4 is 5.96 Å². The molecule has 1 aliphatic rings. The minimum Gasteiger partial charge on any atom is -0.356 e. The van der Waals surface area contributed by atoms with Crippen LogP contribution in [0.4, 0.5) is 0 Å². The van der Waals surface area contributed by atoms with Gasteiger partial charge in [-0.05, 0) is 31.6 Å². The van der Waals surface area contributed by atoms with E-state index in [0.717, 1.165) is 64.7 Å². The van der Waals surface area contributed by atoms with Crippen LogP contribution in [0.3, 0.4) is 0 Å². The van der Waals surface area contributed by atoms with Crippen LogP contribution in [0.25, 0.3) is 0 Å². The number of likely N-dealkylation sites (N-methyl/N-ethyl adjacent to an activating group) is 2. The summed E-state index contributed by atoms with van der Waals surface area (Å²) in [7, 11) is 6.26. The predicted molar refractivity (Wildman–Crippen MR) is 135 cm³/mol. The Morgan fingerprint density at radius 3 is 2.16 bits per heavy atom. The van der Waals surface area contributed by atoms with E-state index < -0.39 is 0 Å². The maximum absolute atomic E-state index is 4.42. The summed E-state index contributed by atoms with van der Waals surface area (Å²) < 4.78 is 0. The van der Waals surface area contributed by atoms with E-state index in [0.29, 0.717) is 6.04 Å². The summed E-state index contributed by atoms with van der Waals surface area (Å²) in [5.41, 5.74) is 2.71. The van der Waals surface area contributed by atoms with Gasteiger partial charge in [-0.3, -0.25) is 14.8 Å². The molecule has 0 bridgehead atoms. The molecule has 0 aliphatic carbocycles. The van der Waals surface area contributed by atoms with E-state index in [2.05, 4.69) is 105 Å². The number of hydrogen-bond donors (Lipinski definition) is 2. The summed E-state index contributed by atoms with van der Waals surface area (Å²) in [5.74, 6) is 0.893. The topological polar surface area (TPSA) is 46.1 Å². The monoisotopic (exact) mass is 436 g/mol. The van der Waals surface area contributed by atoms with Gasteiger partial charge in [-0.15, -0.1) is 0 Å². The molecule has 0 aromatic heterocycles. The lowest BCUT2D eigenvalue weighted by Gasteiger charge is -2.37. The van der Waals surface area contributed by atoms with Gasteiger partial charge >= 0.3 is 0 Å². The Kier molecular flexibility index (Phi) is 10.0. The highest BCUT2D eigenvalue weighted by molar-refractivity contribution is 5.79. The van der Waals surface area contributed by atoms with Crippen molar-refractivity contribution in [2.24, 2.45) is 4.99 Å². The van der Waals surface area contributed by atoms with Crippen molar-refractivity contribution in [3.8, 4) is 0 Å². The molecule has 0 saturated carbocycles. The van der Waals surface area contributed by atoms with Gasteiger partial charge in [0, 0.05) is 65.4 Å². The summed E-state index contributed by atoms with van der Waals surface area (Å²) in [6, 6.07) is 22.0. The Labute approximate surface area is 194 Å². The van der Waals surface area contributed by atoms with Gasteiger partial charge in [-0.25, -0.2) is 0 Å². The van der Waals surface area contributed by atoms with Gasteiger partial charge in [0.1, 0.15) is 0 Å². The molecule has 1 atom stereocenters. The van der Waals surface area contributed by atoms with Crippen LogP contribution in [0.15, 0.2) is 65.7 Å². The van der Waals surface area contributed by atoms with Crippen LogP contribution in [-0.4, -0.2) is 87.1 Å². The smallest absolute Gasteiger partial charge is 0.191 e. The molecule has 174 valence electrons. The molecular formula is C26H40N6. The third-order valence-corrected chi connectivity index (χ3v) is 6.15. The molecule has 1 unspecified atom stereocenters. The Morgan fingerprint density at radius 2 is 1.56 bits per heavy atom. The van der Waals surface area contributed by atoms with Crippen molar-refractivity contribution < 1.29 is 0 Å². The fraction of sp³-hybridized carbons (Fsp3) is 0.500. The summed E-state index contributed by atoms with van der Waals surface area (Å²) in [5, 5.41) is 7.01. The van der Waals surface area contributed by atoms with E-state index in [1.165, 1.54) is 11.1 Å². The zero-order valence-electron chi connectivity index (χ0n) is 20.0. The fourth-order valence-corrected chi connectivity index (χ4v) is 4.16. The highest BCUT2D eigenvalue weighted by atomic mass is 15.3. The Balaban J connectivity index is 1.44. The van der Waals surface area contributed by atoms with Crippen molar-refractivity contribution in [2.75, 3.05) is 60.4 Å². The molecule has 32 heavy (non-hydrogen) atoms. The number of piperazine rings is 1. The van der Waals surface area contributed by atoms with Crippen molar-refractivity contribution in [1.82, 2.24) is 25.3 Å². The van der Waals surface area contributed by atoms with Crippen molar-refractivity contribution in [3.63, 3.8) is 0 Å². The molecule has 1 aliphatic heterocycles. The molecule has 0 radical (unpaired) electrons. The van der Waals surface area contributed by atoms with E-state index in [9.17, 15) is 0 Å². The quantitative estimate of drug-likeness (QED) is 0.340. The first-order chi connectivity index (χ1) is 15.6. The number of guanidine groups is 1. The molecule has 2 aromatic carbocycles. The van der Waals surface area contributed by atoms with Crippen LogP contribution in [0.5, 0.6) is 0 Å². The molecular weight excluding hydrogens is 396 g/mol. The second-order valence-corrected chi connectivity index (χ2v) is 8.81. The molecule has 6 heteroatoms. The largest absolute Gasteiger partial charge is 0.356 e. The first kappa shape index (κ1) is 24.2. The molecule has 1 fully saturated rings. The molecule has 2 N–H and O–H groups in total. The summed E-state index contributed by atoms with van der Waals surface area (Å²) in [6.07, 6.45) is 1.06. The van der Waals surface area contributed by atoms with E-state index in [1.807, 2.05) is 7.05 Å². The molecule has 0 spiro atoms. The second-order valence-electron chi connectivity index (χ2n) is 8.81. The van der Waals surface area contributed by atoms with Crippen LogP contribution in [-0.2, 0) is 13.1 Å². The zero-order valence-corrected chi connectivity index (χ0v) is 20.0. The van der Waals surface area contributed by atoms with Gasteiger partial charge in [0.2, 0.25) is 0 Å². The maximum atomic E-state index is 4.42. The normalized spacial score (nSPS) is 18.1. The van der Waals surface area contributed by atoms with Crippen LogP contribution in [0.2, 0.25) is 0 Å². The fourth-order valence-electron chi connectivity index (χ4n) is 4.16. The van der Waals surface area contributed by atoms with Gasteiger partial charge in [0.25, 0.3) is 0 Å². The van der Waals surface area contributed by atoms with E-state index in [4.69, 9.17) is 0 Å². The Hall–Kier alpha value is -2.41. The van der Waals surface area contributed by atoms with Gasteiger partial charge in [0.05, 0.1) is 0 Å². The number of rotatable bonds is 10. The molecule has 3 rings (SSSR count).